The molecule has 3 atom stereocenters. The summed E-state index contributed by atoms with van der Waals surface area (Å²) >= 11 is 0. The standard InChI is InChI=1S/C40H79N2O6P/c1-6-8-10-12-14-16-18-20-22-23-25-27-29-31-33-39(43)38(37-48-49(45,46)47-36-35-42(3,4)5)41-40(44)34-32-30-28-26-24-21-19-17-15-13-11-9-7-2/h21,24,28,30,38-39,43H,6-20,22-23,25-27,29,31-37H2,1-5H3,(H-,41,44,45,46)/p+1/b24-21-,30-28-. The summed E-state index contributed by atoms with van der Waals surface area (Å²) in [5.74, 6) is -0.212. The molecule has 9 heteroatoms. The van der Waals surface area contributed by atoms with E-state index in [9.17, 15) is 19.4 Å². The summed E-state index contributed by atoms with van der Waals surface area (Å²) < 4.78 is 23.5. The number of carbonyl (C=O) groups is 1. The molecule has 49 heavy (non-hydrogen) atoms. The number of carbonyl (C=O) groups excluding carboxylic acids is 1. The third kappa shape index (κ3) is 35.2. The molecule has 290 valence electrons. The van der Waals surface area contributed by atoms with Crippen LogP contribution in [0.3, 0.4) is 0 Å². The Balaban J connectivity index is 4.52. The molecule has 0 aliphatic heterocycles. The van der Waals surface area contributed by atoms with Crippen LogP contribution in [0.15, 0.2) is 24.3 Å². The van der Waals surface area contributed by atoms with E-state index in [1.54, 1.807) is 0 Å². The minimum Gasteiger partial charge on any atom is -0.391 e. The van der Waals surface area contributed by atoms with E-state index in [0.717, 1.165) is 32.1 Å². The fraction of sp³-hybridized carbons (Fsp3) is 0.875. The lowest BCUT2D eigenvalue weighted by Gasteiger charge is -2.26. The van der Waals surface area contributed by atoms with Crippen molar-refractivity contribution in [3.05, 3.63) is 24.3 Å². The molecule has 0 aliphatic rings. The van der Waals surface area contributed by atoms with Gasteiger partial charge in [0.25, 0.3) is 0 Å². The molecule has 0 aromatic rings. The second kappa shape index (κ2) is 32.9. The summed E-state index contributed by atoms with van der Waals surface area (Å²) in [6.07, 6.45) is 36.4. The lowest BCUT2D eigenvalue weighted by molar-refractivity contribution is -0.870. The number of quaternary nitrogens is 1. The van der Waals surface area contributed by atoms with Gasteiger partial charge in [0, 0.05) is 6.42 Å². The van der Waals surface area contributed by atoms with Crippen LogP contribution < -0.4 is 5.32 Å². The van der Waals surface area contributed by atoms with Crippen molar-refractivity contribution in [2.45, 2.75) is 187 Å². The van der Waals surface area contributed by atoms with E-state index in [1.165, 1.54) is 109 Å². The minimum atomic E-state index is -4.32. The third-order valence-corrected chi connectivity index (χ3v) is 9.95. The molecule has 8 nitrogen and oxygen atoms in total. The van der Waals surface area contributed by atoms with Gasteiger partial charge in [-0.25, -0.2) is 4.57 Å². The predicted molar refractivity (Wildman–Crippen MR) is 208 cm³/mol. The van der Waals surface area contributed by atoms with E-state index < -0.39 is 20.0 Å². The van der Waals surface area contributed by atoms with Gasteiger partial charge in [0.1, 0.15) is 13.2 Å². The number of nitrogens with one attached hydrogen (secondary N) is 1. The molecule has 0 aromatic carbocycles. The van der Waals surface area contributed by atoms with Gasteiger partial charge in [-0.3, -0.25) is 13.8 Å². The van der Waals surface area contributed by atoms with Crippen LogP contribution in [0.2, 0.25) is 0 Å². The zero-order valence-electron chi connectivity index (χ0n) is 32.7. The van der Waals surface area contributed by atoms with Gasteiger partial charge in [-0.2, -0.15) is 0 Å². The summed E-state index contributed by atoms with van der Waals surface area (Å²) in [4.78, 5) is 23.0. The molecule has 3 unspecified atom stereocenters. The van der Waals surface area contributed by atoms with Crippen LogP contribution in [0.25, 0.3) is 0 Å². The number of nitrogens with zero attached hydrogens (tertiary/aromatic N) is 1. The quantitative estimate of drug-likeness (QED) is 0.0258. The minimum absolute atomic E-state index is 0.0659. The molecule has 0 aliphatic carbocycles. The molecule has 0 spiro atoms. The highest BCUT2D eigenvalue weighted by Gasteiger charge is 2.28. The Hall–Kier alpha value is -1.02. The van der Waals surface area contributed by atoms with Crippen molar-refractivity contribution < 1.29 is 32.9 Å². The van der Waals surface area contributed by atoms with Gasteiger partial charge in [-0.15, -0.1) is 0 Å². The molecule has 0 radical (unpaired) electrons. The van der Waals surface area contributed by atoms with E-state index >= 15 is 0 Å². The number of aliphatic hydroxyl groups excluding tert-OH is 1. The Morgan fingerprint density at radius 3 is 1.67 bits per heavy atom. The number of hydrogen-bond donors (Lipinski definition) is 3. The average molecular weight is 716 g/mol. The van der Waals surface area contributed by atoms with Crippen LogP contribution in [0, 0.1) is 0 Å². The highest BCUT2D eigenvalue weighted by atomic mass is 31.2. The van der Waals surface area contributed by atoms with Crippen LogP contribution in [-0.2, 0) is 18.4 Å². The van der Waals surface area contributed by atoms with Crippen molar-refractivity contribution in [3.63, 3.8) is 0 Å². The average Bonchev–Trinajstić information content (AvgIpc) is 3.04. The molecule has 0 fully saturated rings. The zero-order valence-corrected chi connectivity index (χ0v) is 33.6. The Morgan fingerprint density at radius 1 is 0.694 bits per heavy atom. The number of aliphatic hydroxyl groups is 1. The lowest BCUT2D eigenvalue weighted by Crippen LogP contribution is -2.46. The molecule has 0 heterocycles. The summed E-state index contributed by atoms with van der Waals surface area (Å²) in [6.45, 7) is 4.82. The first kappa shape index (κ1) is 48.0. The van der Waals surface area contributed by atoms with E-state index in [4.69, 9.17) is 9.05 Å². The Kier molecular flexibility index (Phi) is 32.2. The SMILES string of the molecule is CCCCCCCC/C=C\C/C=C\CCC(=O)NC(COP(=O)(O)OCC[N+](C)(C)C)C(O)CCCCCCCCCCCCCCCC. The first-order valence-electron chi connectivity index (χ1n) is 20.2. The Morgan fingerprint density at radius 2 is 1.16 bits per heavy atom. The smallest absolute Gasteiger partial charge is 0.391 e. The maximum Gasteiger partial charge on any atom is 0.472 e. The topological polar surface area (TPSA) is 105 Å². The van der Waals surface area contributed by atoms with Crippen molar-refractivity contribution in [2.24, 2.45) is 0 Å². The second-order valence-corrected chi connectivity index (χ2v) is 16.5. The van der Waals surface area contributed by atoms with Gasteiger partial charge in [0.2, 0.25) is 5.91 Å². The van der Waals surface area contributed by atoms with Gasteiger partial charge in [-0.05, 0) is 32.1 Å². The van der Waals surface area contributed by atoms with E-state index in [-0.39, 0.29) is 25.5 Å². The number of allylic oxidation sites excluding steroid dienone is 4. The van der Waals surface area contributed by atoms with Crippen LogP contribution in [0.1, 0.15) is 174 Å². The van der Waals surface area contributed by atoms with Crippen LogP contribution in [0.4, 0.5) is 0 Å². The summed E-state index contributed by atoms with van der Waals surface area (Å²) in [6, 6.07) is -0.786. The number of rotatable bonds is 36. The van der Waals surface area contributed by atoms with Crippen LogP contribution in [0.5, 0.6) is 0 Å². The number of unbranched alkanes of at least 4 members (excludes halogenated alkanes) is 19. The maximum atomic E-state index is 12.8. The van der Waals surface area contributed by atoms with Crippen molar-refractivity contribution >= 4 is 13.7 Å². The fourth-order valence-electron chi connectivity index (χ4n) is 5.68. The largest absolute Gasteiger partial charge is 0.472 e. The van der Waals surface area contributed by atoms with Gasteiger partial charge < -0.3 is 19.8 Å². The Labute approximate surface area is 303 Å². The van der Waals surface area contributed by atoms with Crippen LogP contribution in [-0.4, -0.2) is 73.4 Å². The van der Waals surface area contributed by atoms with Gasteiger partial charge >= 0.3 is 7.82 Å². The highest BCUT2D eigenvalue weighted by Crippen LogP contribution is 2.43. The van der Waals surface area contributed by atoms with Crippen molar-refractivity contribution in [1.82, 2.24) is 5.32 Å². The monoisotopic (exact) mass is 716 g/mol. The molecule has 1 amide bonds. The van der Waals surface area contributed by atoms with Crippen molar-refractivity contribution in [3.8, 4) is 0 Å². The van der Waals surface area contributed by atoms with Crippen molar-refractivity contribution in [2.75, 3.05) is 40.9 Å². The summed E-state index contributed by atoms with van der Waals surface area (Å²) in [5.41, 5.74) is 0. The number of hydrogen-bond acceptors (Lipinski definition) is 5. The molecular weight excluding hydrogens is 635 g/mol. The summed E-state index contributed by atoms with van der Waals surface area (Å²) in [5, 5.41) is 13.8. The van der Waals surface area contributed by atoms with E-state index in [0.29, 0.717) is 23.9 Å². The molecule has 0 rings (SSSR count). The normalized spacial score (nSPS) is 14.8. The molecule has 0 saturated carbocycles. The number of phosphoric acid groups is 1. The number of amides is 1. The predicted octanol–water partition coefficient (Wildman–Crippen LogP) is 10.6. The first-order chi connectivity index (χ1) is 23.5. The van der Waals surface area contributed by atoms with Gasteiger partial charge in [0.15, 0.2) is 0 Å². The molecule has 0 aromatic heterocycles. The van der Waals surface area contributed by atoms with Gasteiger partial charge in [0.05, 0.1) is 39.9 Å². The second-order valence-electron chi connectivity index (χ2n) is 15.0. The Bertz CT molecular complexity index is 860. The fourth-order valence-corrected chi connectivity index (χ4v) is 6.42. The van der Waals surface area contributed by atoms with Crippen LogP contribution >= 0.6 is 7.82 Å². The first-order valence-corrected chi connectivity index (χ1v) is 21.7. The molecule has 3 N–H and O–H groups in total. The summed E-state index contributed by atoms with van der Waals surface area (Å²) in [7, 11) is 1.58. The lowest BCUT2D eigenvalue weighted by atomic mass is 10.0. The highest BCUT2D eigenvalue weighted by molar-refractivity contribution is 7.47. The third-order valence-electron chi connectivity index (χ3n) is 8.97. The number of phosphoric ester groups is 1. The molecular formula is C40H80N2O6P+. The van der Waals surface area contributed by atoms with Gasteiger partial charge in [-0.1, -0.05) is 160 Å². The number of likely N-dealkylation sites (N-methyl/N-ethyl adjacent to an activating group) is 1. The molecule has 0 saturated heterocycles. The zero-order chi connectivity index (χ0) is 36.5. The van der Waals surface area contributed by atoms with E-state index in [1.807, 2.05) is 27.2 Å². The van der Waals surface area contributed by atoms with E-state index in [2.05, 4.69) is 37.4 Å². The van der Waals surface area contributed by atoms with Crippen molar-refractivity contribution in [1.29, 1.82) is 0 Å². The maximum absolute atomic E-state index is 12.8. The molecule has 0 bridgehead atoms.